The van der Waals surface area contributed by atoms with Crippen LogP contribution in [0, 0.1) is 0 Å². The van der Waals surface area contributed by atoms with Gasteiger partial charge in [-0.3, -0.25) is 0 Å². The van der Waals surface area contributed by atoms with Crippen LogP contribution in [0.5, 0.6) is 0 Å². The molecule has 0 aromatic heterocycles. The number of hydrogen-bond donors (Lipinski definition) is 5. The van der Waals surface area contributed by atoms with Gasteiger partial charge in [0.15, 0.2) is 0 Å². The van der Waals surface area contributed by atoms with E-state index in [0.717, 1.165) is 0 Å². The Kier molecular flexibility index (Phi) is 2290. The van der Waals surface area contributed by atoms with Crippen LogP contribution in [-0.4, -0.2) is 0 Å². The van der Waals surface area contributed by atoms with Gasteiger partial charge < -0.3 is 30.8 Å². The van der Waals surface area contributed by atoms with Crippen molar-refractivity contribution in [1.82, 2.24) is 30.8 Å². The van der Waals surface area contributed by atoms with Crippen molar-refractivity contribution in [3.8, 4) is 0 Å². The topological polar surface area (TPSA) is 175 Å². The molecule has 0 spiro atoms. The van der Waals surface area contributed by atoms with Gasteiger partial charge in [0.1, 0.15) is 0 Å². The van der Waals surface area contributed by atoms with Crippen molar-refractivity contribution in [1.29, 1.82) is 0 Å². The summed E-state index contributed by atoms with van der Waals surface area (Å²) in [7, 11) is 0. The summed E-state index contributed by atoms with van der Waals surface area (Å²) in [4.78, 5) is 0. The standard InChI is InChI=1S/Au.5H3N.Pd.3Ta.Ti/h;5*1H3;;;;;. The van der Waals surface area contributed by atoms with E-state index in [4.69, 9.17) is 0 Å². The Morgan fingerprint density at radius 2 is 0.455 bits per heavy atom. The zero-order chi connectivity index (χ0) is 0. The fourth-order valence-corrected chi connectivity index (χ4v) is 0. The van der Waals surface area contributed by atoms with Crippen molar-refractivity contribution in [3.05, 3.63) is 0 Å². The van der Waals surface area contributed by atoms with Crippen LogP contribution < -0.4 is 30.8 Å². The Morgan fingerprint density at radius 3 is 0.455 bits per heavy atom. The summed E-state index contributed by atoms with van der Waals surface area (Å²) in [6.07, 6.45) is 0. The second-order valence-corrected chi connectivity index (χ2v) is 0. The third-order valence-corrected chi connectivity index (χ3v) is 0. The van der Waals surface area contributed by atoms with Crippen LogP contribution in [0.25, 0.3) is 0 Å². The molecule has 0 atom stereocenters. The van der Waals surface area contributed by atoms with Crippen LogP contribution in [0.1, 0.15) is 0 Å². The predicted octanol–water partition coefficient (Wildman–Crippen LogP) is 0.795. The monoisotopic (exact) mass is 979 g/mol. The Balaban J connectivity index is 0. The van der Waals surface area contributed by atoms with Gasteiger partial charge >= 0.3 is 0 Å². The average molecular weight is 979 g/mol. The summed E-state index contributed by atoms with van der Waals surface area (Å²) in [5, 5.41) is 0. The number of hydrogen-bond acceptors (Lipinski definition) is 5. The van der Waals surface area contributed by atoms with Crippen LogP contribution in [0.3, 0.4) is 0 Å². The molecule has 0 heterocycles. The van der Waals surface area contributed by atoms with Crippen molar-refractivity contribution >= 4 is 0 Å². The third-order valence-electron chi connectivity index (χ3n) is 0. The molecule has 0 aromatic rings. The largest absolute Gasteiger partial charge is 0.344 e. The molecule has 11 heavy (non-hydrogen) atoms. The summed E-state index contributed by atoms with van der Waals surface area (Å²) < 4.78 is 0. The zero-order valence-corrected chi connectivity index (χ0v) is 20.9. The van der Waals surface area contributed by atoms with E-state index in [1.54, 1.807) is 0 Å². The molecule has 0 aliphatic rings. The van der Waals surface area contributed by atoms with E-state index in [2.05, 4.69) is 0 Å². The van der Waals surface area contributed by atoms with Gasteiger partial charge in [0.25, 0.3) is 0 Å². The molecule has 0 aromatic carbocycles. The fraction of sp³-hybridized carbons (Fsp3) is 0. The molecule has 80 valence electrons. The van der Waals surface area contributed by atoms with Crippen LogP contribution in [0.15, 0.2) is 0 Å². The molecular weight excluding hydrogens is 964 g/mol. The minimum atomic E-state index is 0. The van der Waals surface area contributed by atoms with E-state index in [9.17, 15) is 0 Å². The summed E-state index contributed by atoms with van der Waals surface area (Å²) in [6.45, 7) is 0. The smallest absolute Gasteiger partial charge is 0 e. The van der Waals surface area contributed by atoms with Gasteiger partial charge in [-0.2, -0.15) is 0 Å². The van der Waals surface area contributed by atoms with Crippen LogP contribution in [0.2, 0.25) is 0 Å². The van der Waals surface area contributed by atoms with Crippen LogP contribution >= 0.6 is 0 Å². The van der Waals surface area contributed by atoms with Gasteiger partial charge in [0.2, 0.25) is 0 Å². The molecule has 0 bridgehead atoms. The van der Waals surface area contributed by atoms with Gasteiger partial charge in [-0.15, -0.1) is 0 Å². The first-order valence-electron chi connectivity index (χ1n) is 0. The molecular formula is H15AuN5PdTa3Ti. The van der Waals surface area contributed by atoms with E-state index in [1.807, 2.05) is 0 Å². The van der Waals surface area contributed by atoms with Gasteiger partial charge in [-0.05, 0) is 0 Å². The normalized spacial score (nSPS) is 0. The summed E-state index contributed by atoms with van der Waals surface area (Å²) in [5.74, 6) is 0. The molecule has 0 aliphatic heterocycles. The van der Waals surface area contributed by atoms with Gasteiger partial charge in [0.05, 0.1) is 0 Å². The van der Waals surface area contributed by atoms with E-state index in [1.165, 1.54) is 0 Å². The van der Waals surface area contributed by atoms with E-state index >= 15 is 0 Å². The summed E-state index contributed by atoms with van der Waals surface area (Å²) in [5.41, 5.74) is 0. The maximum absolute atomic E-state index is 0. The Bertz CT molecular complexity index is 21.7. The van der Waals surface area contributed by atoms with E-state index in [-0.39, 0.29) is 162 Å². The van der Waals surface area contributed by atoms with Crippen molar-refractivity contribution in [2.75, 3.05) is 0 Å². The molecule has 0 amide bonds. The molecule has 0 aliphatic carbocycles. The second kappa shape index (κ2) is 143. The maximum atomic E-state index is 0. The third kappa shape index (κ3) is 122. The Labute approximate surface area is 159 Å². The SMILES string of the molecule is N.N.N.N.N.[Au].[Pd].[Ta].[Ta].[Ta].[Ti]. The van der Waals surface area contributed by atoms with Crippen molar-refractivity contribution < 1.29 is 132 Å². The average Bonchev–Trinajstić information content (AvgIpc) is 0. The summed E-state index contributed by atoms with van der Waals surface area (Å²) >= 11 is 0. The first kappa shape index (κ1) is 177. The van der Waals surface area contributed by atoms with Gasteiger partial charge in [-0.1, -0.05) is 0 Å². The van der Waals surface area contributed by atoms with E-state index < -0.39 is 0 Å². The molecule has 0 unspecified atom stereocenters. The fourth-order valence-electron chi connectivity index (χ4n) is 0. The Morgan fingerprint density at radius 1 is 0.455 bits per heavy atom. The molecule has 4 radical (unpaired) electrons. The molecule has 5 nitrogen and oxygen atoms in total. The second-order valence-electron chi connectivity index (χ2n) is 0. The van der Waals surface area contributed by atoms with Gasteiger partial charge in [-0.25, -0.2) is 0 Å². The van der Waals surface area contributed by atoms with Crippen LogP contribution in [0.4, 0.5) is 0 Å². The first-order chi connectivity index (χ1) is 0. The van der Waals surface area contributed by atoms with Crippen molar-refractivity contribution in [3.63, 3.8) is 0 Å². The molecule has 0 saturated heterocycles. The summed E-state index contributed by atoms with van der Waals surface area (Å²) in [6, 6.07) is 0. The molecule has 0 rings (SSSR count). The van der Waals surface area contributed by atoms with Crippen molar-refractivity contribution in [2.45, 2.75) is 0 Å². The minimum Gasteiger partial charge on any atom is -0.344 e. The number of rotatable bonds is 0. The Hall–Kier alpha value is 4.14. The van der Waals surface area contributed by atoms with Crippen LogP contribution in [-0.2, 0) is 132 Å². The molecule has 0 fully saturated rings. The first-order valence-corrected chi connectivity index (χ1v) is 0. The van der Waals surface area contributed by atoms with Crippen molar-refractivity contribution in [2.24, 2.45) is 0 Å². The molecule has 11 heteroatoms. The maximum Gasteiger partial charge on any atom is 0 e. The van der Waals surface area contributed by atoms with E-state index in [0.29, 0.717) is 0 Å². The van der Waals surface area contributed by atoms with Gasteiger partial charge in [0, 0.05) is 132 Å². The molecule has 15 N–H and O–H groups in total. The minimum absolute atomic E-state index is 0. The molecule has 0 saturated carbocycles. The zero-order valence-electron chi connectivity index (χ0n) is 5.99. The predicted molar refractivity (Wildman–Crippen MR) is 25.1 cm³/mol. The quantitative estimate of drug-likeness (QED) is 0.226.